The van der Waals surface area contributed by atoms with E-state index in [-0.39, 0.29) is 36.7 Å². The molecule has 1 aliphatic rings. The SMILES string of the molecule is Cc1cc(=O)oc2c3c(cc(OCC(=O)N[C@@H](CO)C(C)C)c12)OC(C)(C)CC3. The average molecular weight is 403 g/mol. The summed E-state index contributed by atoms with van der Waals surface area (Å²) in [6.07, 6.45) is 1.52. The number of hydrogen-bond acceptors (Lipinski definition) is 6. The van der Waals surface area contributed by atoms with E-state index in [4.69, 9.17) is 13.9 Å². The highest BCUT2D eigenvalue weighted by Crippen LogP contribution is 2.42. The highest BCUT2D eigenvalue weighted by atomic mass is 16.5. The molecule has 1 aliphatic heterocycles. The monoisotopic (exact) mass is 403 g/mol. The molecule has 7 nitrogen and oxygen atoms in total. The Kier molecular flexibility index (Phi) is 5.89. The summed E-state index contributed by atoms with van der Waals surface area (Å²) in [7, 11) is 0. The molecule has 0 unspecified atom stereocenters. The first-order valence-corrected chi connectivity index (χ1v) is 9.93. The minimum atomic E-state index is -0.431. The zero-order valence-electron chi connectivity index (χ0n) is 17.6. The molecule has 0 bridgehead atoms. The molecule has 0 fully saturated rings. The molecule has 1 aromatic heterocycles. The number of aliphatic hydroxyl groups is 1. The molecule has 3 rings (SSSR count). The molecule has 0 saturated heterocycles. The van der Waals surface area contributed by atoms with Gasteiger partial charge >= 0.3 is 5.63 Å². The Hall–Kier alpha value is -2.54. The van der Waals surface area contributed by atoms with Crippen molar-refractivity contribution < 1.29 is 23.8 Å². The third kappa shape index (κ3) is 4.56. The van der Waals surface area contributed by atoms with Crippen molar-refractivity contribution in [3.8, 4) is 11.5 Å². The number of aliphatic hydroxyl groups excluding tert-OH is 1. The summed E-state index contributed by atoms with van der Waals surface area (Å²) < 4.78 is 17.4. The second-order valence-electron chi connectivity index (χ2n) is 8.55. The van der Waals surface area contributed by atoms with Crippen molar-refractivity contribution in [1.82, 2.24) is 5.32 Å². The number of carbonyl (C=O) groups excluding carboxylic acids is 1. The van der Waals surface area contributed by atoms with Crippen molar-refractivity contribution in [2.45, 2.75) is 59.1 Å². The standard InChI is InChI=1S/C22H29NO6/c1-12(2)15(10-24)23-18(25)11-27-17-9-16-14(6-7-22(4,5)29-16)21-20(17)13(3)8-19(26)28-21/h8-9,12,15,24H,6-7,10-11H2,1-5H3,(H,23,25)/t15-/m0/s1. The van der Waals surface area contributed by atoms with Gasteiger partial charge in [-0.3, -0.25) is 4.79 Å². The van der Waals surface area contributed by atoms with Gasteiger partial charge in [0.25, 0.3) is 5.91 Å². The molecule has 29 heavy (non-hydrogen) atoms. The number of amides is 1. The van der Waals surface area contributed by atoms with Gasteiger partial charge in [0.15, 0.2) is 6.61 Å². The number of hydrogen-bond donors (Lipinski definition) is 2. The van der Waals surface area contributed by atoms with E-state index in [0.29, 0.717) is 22.5 Å². The first-order valence-electron chi connectivity index (χ1n) is 9.93. The van der Waals surface area contributed by atoms with Crippen molar-refractivity contribution in [2.75, 3.05) is 13.2 Å². The minimum Gasteiger partial charge on any atom is -0.487 e. The Morgan fingerprint density at radius 1 is 1.34 bits per heavy atom. The summed E-state index contributed by atoms with van der Waals surface area (Å²) in [6.45, 7) is 9.29. The molecule has 1 amide bonds. The van der Waals surface area contributed by atoms with Crippen LogP contribution in [-0.2, 0) is 11.2 Å². The van der Waals surface area contributed by atoms with E-state index in [9.17, 15) is 14.7 Å². The maximum atomic E-state index is 12.3. The van der Waals surface area contributed by atoms with Crippen LogP contribution in [0.3, 0.4) is 0 Å². The van der Waals surface area contributed by atoms with Crippen LogP contribution in [0, 0.1) is 12.8 Å². The van der Waals surface area contributed by atoms with Crippen LogP contribution in [0.1, 0.15) is 45.2 Å². The van der Waals surface area contributed by atoms with Gasteiger partial charge in [-0.05, 0) is 45.1 Å². The summed E-state index contributed by atoms with van der Waals surface area (Å²) in [5.41, 5.74) is 1.24. The normalized spacial score (nSPS) is 16.2. The lowest BCUT2D eigenvalue weighted by Crippen LogP contribution is -2.43. The Morgan fingerprint density at radius 2 is 2.07 bits per heavy atom. The number of benzene rings is 1. The molecular formula is C22H29NO6. The molecule has 1 atom stereocenters. The van der Waals surface area contributed by atoms with Crippen molar-refractivity contribution >= 4 is 16.9 Å². The van der Waals surface area contributed by atoms with Crippen molar-refractivity contribution in [1.29, 1.82) is 0 Å². The van der Waals surface area contributed by atoms with Gasteiger partial charge in [-0.2, -0.15) is 0 Å². The predicted octanol–water partition coefficient (Wildman–Crippen LogP) is 2.72. The molecule has 0 aliphatic carbocycles. The first-order chi connectivity index (χ1) is 13.6. The van der Waals surface area contributed by atoms with Gasteiger partial charge in [0.05, 0.1) is 18.0 Å². The summed E-state index contributed by atoms with van der Waals surface area (Å²) in [5, 5.41) is 12.8. The smallest absolute Gasteiger partial charge is 0.336 e. The number of carbonyl (C=O) groups is 1. The molecule has 2 heterocycles. The number of ether oxygens (including phenoxy) is 2. The highest BCUT2D eigenvalue weighted by molar-refractivity contribution is 5.91. The van der Waals surface area contributed by atoms with Gasteiger partial charge in [0.1, 0.15) is 22.7 Å². The third-order valence-electron chi connectivity index (χ3n) is 5.31. The van der Waals surface area contributed by atoms with E-state index in [1.54, 1.807) is 6.07 Å². The van der Waals surface area contributed by atoms with Crippen molar-refractivity contribution in [2.24, 2.45) is 5.92 Å². The van der Waals surface area contributed by atoms with E-state index in [2.05, 4.69) is 5.32 Å². The molecule has 0 spiro atoms. The zero-order valence-corrected chi connectivity index (χ0v) is 17.6. The highest BCUT2D eigenvalue weighted by Gasteiger charge is 2.30. The van der Waals surface area contributed by atoms with E-state index < -0.39 is 5.63 Å². The Bertz CT molecular complexity index is 975. The molecule has 2 aromatic rings. The second-order valence-corrected chi connectivity index (χ2v) is 8.55. The Labute approximate surface area is 170 Å². The Balaban J connectivity index is 1.95. The van der Waals surface area contributed by atoms with Crippen LogP contribution in [-0.4, -0.2) is 35.9 Å². The van der Waals surface area contributed by atoms with Crippen LogP contribution in [0.15, 0.2) is 21.3 Å². The zero-order chi connectivity index (χ0) is 21.3. The van der Waals surface area contributed by atoms with Crippen LogP contribution < -0.4 is 20.4 Å². The summed E-state index contributed by atoms with van der Waals surface area (Å²) >= 11 is 0. The van der Waals surface area contributed by atoms with Gasteiger partial charge in [0, 0.05) is 17.7 Å². The Morgan fingerprint density at radius 3 is 2.72 bits per heavy atom. The maximum absolute atomic E-state index is 12.3. The number of nitrogens with one attached hydrogen (secondary N) is 1. The fourth-order valence-corrected chi connectivity index (χ4v) is 3.55. The molecule has 1 aromatic carbocycles. The van der Waals surface area contributed by atoms with E-state index in [1.165, 1.54) is 6.07 Å². The number of aryl methyl sites for hydroxylation is 2. The van der Waals surface area contributed by atoms with Gasteiger partial charge in [0.2, 0.25) is 0 Å². The molecule has 0 radical (unpaired) electrons. The summed E-state index contributed by atoms with van der Waals surface area (Å²) in [5.74, 6) is 0.798. The predicted molar refractivity (Wildman–Crippen MR) is 110 cm³/mol. The first kappa shape index (κ1) is 21.2. The van der Waals surface area contributed by atoms with Crippen LogP contribution in [0.2, 0.25) is 0 Å². The minimum absolute atomic E-state index is 0.0978. The lowest BCUT2D eigenvalue weighted by atomic mass is 9.92. The molecule has 158 valence electrons. The van der Waals surface area contributed by atoms with Gasteiger partial charge < -0.3 is 24.3 Å². The fraction of sp³-hybridized carbons (Fsp3) is 0.545. The van der Waals surface area contributed by atoms with E-state index >= 15 is 0 Å². The fourth-order valence-electron chi connectivity index (χ4n) is 3.55. The summed E-state index contributed by atoms with van der Waals surface area (Å²) in [4.78, 5) is 24.3. The van der Waals surface area contributed by atoms with Crippen molar-refractivity contribution in [3.63, 3.8) is 0 Å². The summed E-state index contributed by atoms with van der Waals surface area (Å²) in [6, 6.07) is 2.84. The number of fused-ring (bicyclic) bond motifs is 3. The topological polar surface area (TPSA) is 98.0 Å². The third-order valence-corrected chi connectivity index (χ3v) is 5.31. The van der Waals surface area contributed by atoms with Crippen LogP contribution in [0.4, 0.5) is 0 Å². The average Bonchev–Trinajstić information content (AvgIpc) is 2.62. The number of rotatable bonds is 6. The van der Waals surface area contributed by atoms with Crippen LogP contribution in [0.25, 0.3) is 11.0 Å². The largest absolute Gasteiger partial charge is 0.487 e. The maximum Gasteiger partial charge on any atom is 0.336 e. The van der Waals surface area contributed by atoms with Gasteiger partial charge in [-0.15, -0.1) is 0 Å². The van der Waals surface area contributed by atoms with E-state index in [1.807, 2.05) is 34.6 Å². The molecule has 7 heteroatoms. The van der Waals surface area contributed by atoms with Gasteiger partial charge in [-0.25, -0.2) is 4.79 Å². The lowest BCUT2D eigenvalue weighted by molar-refractivity contribution is -0.124. The van der Waals surface area contributed by atoms with Gasteiger partial charge in [-0.1, -0.05) is 13.8 Å². The second kappa shape index (κ2) is 8.06. The van der Waals surface area contributed by atoms with Crippen LogP contribution >= 0.6 is 0 Å². The molecule has 0 saturated carbocycles. The lowest BCUT2D eigenvalue weighted by Gasteiger charge is -2.33. The van der Waals surface area contributed by atoms with E-state index in [0.717, 1.165) is 24.0 Å². The quantitative estimate of drug-likeness (QED) is 0.720. The molecule has 2 N–H and O–H groups in total. The van der Waals surface area contributed by atoms with Crippen molar-refractivity contribution in [3.05, 3.63) is 33.7 Å². The molecular weight excluding hydrogens is 374 g/mol. The van der Waals surface area contributed by atoms with Crippen LogP contribution in [0.5, 0.6) is 11.5 Å².